The van der Waals surface area contributed by atoms with Crippen LogP contribution in [0.3, 0.4) is 0 Å². The highest BCUT2D eigenvalue weighted by molar-refractivity contribution is 7.85. The van der Waals surface area contributed by atoms with Crippen LogP contribution < -0.4 is 0 Å². The Kier molecular flexibility index (Phi) is 7.95. The predicted octanol–water partition coefficient (Wildman–Crippen LogP) is 2.93. The van der Waals surface area contributed by atoms with E-state index in [1.807, 2.05) is 41.5 Å². The smallest absolute Gasteiger partial charge is 0.146 e. The molecule has 0 heterocycles. The molecule has 0 aromatic rings. The standard InChI is InChI=1S/C14H29N3O2S2/c1-12(2)9-17(10-15-20(18)13(3,4)5)11-16-21(19)14(6,7)8/h10-12H,9H2,1-8H3/b15-10+,16-11+/t20-,21-/m1/s1. The van der Waals surface area contributed by atoms with Crippen molar-refractivity contribution in [3.63, 3.8) is 0 Å². The topological polar surface area (TPSA) is 62.1 Å². The summed E-state index contributed by atoms with van der Waals surface area (Å²) in [5.74, 6) is 0.383. The van der Waals surface area contributed by atoms with E-state index in [0.29, 0.717) is 12.5 Å². The van der Waals surface area contributed by atoms with Gasteiger partial charge in [0.1, 0.15) is 34.6 Å². The van der Waals surface area contributed by atoms with Gasteiger partial charge in [0, 0.05) is 6.54 Å². The molecule has 0 bridgehead atoms. The van der Waals surface area contributed by atoms with Crippen LogP contribution in [0, 0.1) is 5.92 Å². The maximum Gasteiger partial charge on any atom is 0.146 e. The lowest BCUT2D eigenvalue weighted by Gasteiger charge is -2.19. The van der Waals surface area contributed by atoms with Gasteiger partial charge in [0.05, 0.1) is 9.49 Å². The molecule has 0 saturated heterocycles. The fourth-order valence-corrected chi connectivity index (χ4v) is 2.11. The van der Waals surface area contributed by atoms with Gasteiger partial charge in [0.2, 0.25) is 0 Å². The van der Waals surface area contributed by atoms with Gasteiger partial charge in [-0.3, -0.25) is 0 Å². The van der Waals surface area contributed by atoms with Crippen molar-refractivity contribution in [2.45, 2.75) is 64.9 Å². The first-order chi connectivity index (χ1) is 9.34. The van der Waals surface area contributed by atoms with Crippen LogP contribution in [0.4, 0.5) is 0 Å². The lowest BCUT2D eigenvalue weighted by atomic mass is 10.2. The number of hydrogen-bond donors (Lipinski definition) is 0. The zero-order valence-corrected chi connectivity index (χ0v) is 16.0. The molecule has 0 aliphatic carbocycles. The molecule has 0 aromatic carbocycles. The van der Waals surface area contributed by atoms with Crippen LogP contribution in [0.25, 0.3) is 0 Å². The third-order valence-electron chi connectivity index (χ3n) is 2.21. The van der Waals surface area contributed by atoms with Crippen molar-refractivity contribution < 1.29 is 8.42 Å². The van der Waals surface area contributed by atoms with Crippen LogP contribution in [0.1, 0.15) is 55.4 Å². The molecule has 0 spiro atoms. The van der Waals surface area contributed by atoms with Crippen molar-refractivity contribution in [2.24, 2.45) is 14.7 Å². The second kappa shape index (κ2) is 8.17. The summed E-state index contributed by atoms with van der Waals surface area (Å²) in [5.41, 5.74) is 0. The average molecular weight is 336 g/mol. The molecule has 0 amide bonds. The van der Waals surface area contributed by atoms with Gasteiger partial charge in [-0.2, -0.15) is 8.80 Å². The van der Waals surface area contributed by atoms with E-state index in [1.54, 1.807) is 4.90 Å². The summed E-state index contributed by atoms with van der Waals surface area (Å²) in [5, 5.41) is 0. The maximum absolute atomic E-state index is 11.9. The van der Waals surface area contributed by atoms with Crippen LogP contribution in [0.5, 0.6) is 0 Å². The van der Waals surface area contributed by atoms with Crippen LogP contribution in [-0.4, -0.2) is 42.0 Å². The molecular weight excluding hydrogens is 306 g/mol. The summed E-state index contributed by atoms with van der Waals surface area (Å²) in [6.07, 6.45) is 3.04. The highest BCUT2D eigenvalue weighted by Crippen LogP contribution is 2.13. The van der Waals surface area contributed by atoms with Crippen molar-refractivity contribution in [2.75, 3.05) is 6.54 Å². The van der Waals surface area contributed by atoms with E-state index >= 15 is 0 Å². The number of rotatable bonds is 6. The van der Waals surface area contributed by atoms with E-state index in [2.05, 4.69) is 22.6 Å². The van der Waals surface area contributed by atoms with Gasteiger partial charge in [0.15, 0.2) is 0 Å². The summed E-state index contributed by atoms with van der Waals surface area (Å²) < 4.78 is 31.2. The minimum atomic E-state index is -1.31. The molecule has 0 aliphatic rings. The van der Waals surface area contributed by atoms with Crippen molar-refractivity contribution in [1.82, 2.24) is 4.90 Å². The van der Waals surface area contributed by atoms with Crippen molar-refractivity contribution in [3.05, 3.63) is 0 Å². The molecule has 21 heavy (non-hydrogen) atoms. The van der Waals surface area contributed by atoms with Crippen molar-refractivity contribution in [3.8, 4) is 0 Å². The highest BCUT2D eigenvalue weighted by atomic mass is 32.2. The fourth-order valence-electron chi connectivity index (χ4n) is 1.07. The van der Waals surface area contributed by atoms with Crippen molar-refractivity contribution >= 4 is 34.6 Å². The second-order valence-corrected chi connectivity index (χ2v) is 11.1. The first-order valence-electron chi connectivity index (χ1n) is 7.02. The summed E-state index contributed by atoms with van der Waals surface area (Å²) in [6, 6.07) is 0. The van der Waals surface area contributed by atoms with Crippen LogP contribution >= 0.6 is 0 Å². The first kappa shape index (κ1) is 20.4. The third-order valence-corrected chi connectivity index (χ3v) is 4.87. The Labute approximate surface area is 134 Å². The molecule has 0 rings (SSSR count). The lowest BCUT2D eigenvalue weighted by Crippen LogP contribution is -2.28. The SMILES string of the molecule is CC(C)CN(/C=N/[S@](=O)C(C)(C)C)/C=N/[S@](=O)C(C)(C)C. The molecule has 0 aromatic heterocycles. The Bertz CT molecular complexity index is 396. The molecule has 0 unspecified atom stereocenters. The Morgan fingerprint density at radius 1 is 0.905 bits per heavy atom. The maximum atomic E-state index is 11.9. The molecule has 2 atom stereocenters. The van der Waals surface area contributed by atoms with Gasteiger partial charge in [-0.1, -0.05) is 13.8 Å². The summed E-state index contributed by atoms with van der Waals surface area (Å²) in [6.45, 7) is 16.0. The molecule has 0 saturated carbocycles. The van der Waals surface area contributed by atoms with E-state index in [9.17, 15) is 8.42 Å². The Hall–Kier alpha value is -0.560. The Morgan fingerprint density at radius 2 is 1.24 bits per heavy atom. The minimum Gasteiger partial charge on any atom is -0.322 e. The van der Waals surface area contributed by atoms with E-state index in [1.165, 1.54) is 12.7 Å². The predicted molar refractivity (Wildman–Crippen MR) is 94.3 cm³/mol. The van der Waals surface area contributed by atoms with E-state index in [-0.39, 0.29) is 0 Å². The van der Waals surface area contributed by atoms with Crippen LogP contribution in [0.15, 0.2) is 8.80 Å². The number of nitrogens with zero attached hydrogens (tertiary/aromatic N) is 3. The number of hydrogen-bond acceptors (Lipinski definition) is 2. The van der Waals surface area contributed by atoms with E-state index in [4.69, 9.17) is 0 Å². The molecule has 0 N–H and O–H groups in total. The molecule has 5 nitrogen and oxygen atoms in total. The van der Waals surface area contributed by atoms with Gasteiger partial charge in [0.25, 0.3) is 0 Å². The molecule has 124 valence electrons. The fraction of sp³-hybridized carbons (Fsp3) is 0.857. The highest BCUT2D eigenvalue weighted by Gasteiger charge is 2.20. The van der Waals surface area contributed by atoms with Gasteiger partial charge in [-0.05, 0) is 47.5 Å². The molecule has 0 fully saturated rings. The molecular formula is C14H29N3O2S2. The first-order valence-corrected chi connectivity index (χ1v) is 9.23. The summed E-state index contributed by atoms with van der Waals surface area (Å²) >= 11 is 0. The monoisotopic (exact) mass is 335 g/mol. The molecule has 0 aliphatic heterocycles. The van der Waals surface area contributed by atoms with Gasteiger partial charge in [-0.15, -0.1) is 0 Å². The van der Waals surface area contributed by atoms with Gasteiger partial charge in [-0.25, -0.2) is 8.42 Å². The van der Waals surface area contributed by atoms with Gasteiger partial charge >= 0.3 is 0 Å². The Morgan fingerprint density at radius 3 is 1.48 bits per heavy atom. The summed E-state index contributed by atoms with van der Waals surface area (Å²) in [7, 11) is -2.63. The minimum absolute atomic E-state index is 0.383. The largest absolute Gasteiger partial charge is 0.322 e. The van der Waals surface area contributed by atoms with Crippen LogP contribution in [0.2, 0.25) is 0 Å². The Balaban J connectivity index is 4.99. The van der Waals surface area contributed by atoms with Crippen molar-refractivity contribution in [1.29, 1.82) is 0 Å². The van der Waals surface area contributed by atoms with Crippen LogP contribution in [-0.2, 0) is 22.0 Å². The third kappa shape index (κ3) is 9.14. The second-order valence-electron chi connectivity index (χ2n) is 7.26. The van der Waals surface area contributed by atoms with E-state index in [0.717, 1.165) is 0 Å². The van der Waals surface area contributed by atoms with E-state index < -0.39 is 31.5 Å². The zero-order valence-electron chi connectivity index (χ0n) is 14.4. The molecule has 7 heteroatoms. The normalized spacial score (nSPS) is 16.8. The molecule has 0 radical (unpaired) electrons. The zero-order chi connectivity index (χ0) is 16.8. The van der Waals surface area contributed by atoms with Gasteiger partial charge < -0.3 is 4.90 Å². The summed E-state index contributed by atoms with van der Waals surface area (Å²) in [4.78, 5) is 1.73. The lowest BCUT2D eigenvalue weighted by molar-refractivity contribution is 0.507. The quantitative estimate of drug-likeness (QED) is 0.554. The average Bonchev–Trinajstić information content (AvgIpc) is 2.28.